The van der Waals surface area contributed by atoms with E-state index >= 15 is 0 Å². The molecular weight excluding hydrogens is 398 g/mol. The Morgan fingerprint density at radius 3 is 2.52 bits per heavy atom. The number of benzene rings is 1. The summed E-state index contributed by atoms with van der Waals surface area (Å²) in [5.74, 6) is 0. The van der Waals surface area contributed by atoms with Gasteiger partial charge in [-0.25, -0.2) is 13.1 Å². The van der Waals surface area contributed by atoms with E-state index in [2.05, 4.69) is 20.7 Å². The molecule has 0 saturated carbocycles. The van der Waals surface area contributed by atoms with E-state index in [-0.39, 0.29) is 10.8 Å². The van der Waals surface area contributed by atoms with E-state index in [0.717, 1.165) is 16.9 Å². The lowest BCUT2D eigenvalue weighted by molar-refractivity contribution is 0.256. The van der Waals surface area contributed by atoms with Crippen LogP contribution in [0.3, 0.4) is 0 Å². The smallest absolute Gasteiger partial charge is 0.250 e. The summed E-state index contributed by atoms with van der Waals surface area (Å²) in [6.45, 7) is -0.283. The van der Waals surface area contributed by atoms with Crippen molar-refractivity contribution in [1.29, 1.82) is 0 Å². The Morgan fingerprint density at radius 2 is 2.00 bits per heavy atom. The van der Waals surface area contributed by atoms with E-state index in [4.69, 9.17) is 11.6 Å². The van der Waals surface area contributed by atoms with Crippen molar-refractivity contribution in [2.24, 2.45) is 0 Å². The Labute approximate surface area is 140 Å². The highest BCUT2D eigenvalue weighted by Gasteiger charge is 2.23. The molecule has 0 saturated heterocycles. The second kappa shape index (κ2) is 7.21. The summed E-state index contributed by atoms with van der Waals surface area (Å²) in [6, 6.07) is 10.2. The molecule has 0 radical (unpaired) electrons. The molecule has 2 aromatic rings. The number of halogens is 2. The monoisotopic (exact) mass is 409 g/mol. The van der Waals surface area contributed by atoms with Gasteiger partial charge in [-0.15, -0.1) is 11.3 Å². The summed E-state index contributed by atoms with van der Waals surface area (Å²) < 4.78 is 27.7. The van der Waals surface area contributed by atoms with Gasteiger partial charge in [-0.2, -0.15) is 0 Å². The van der Waals surface area contributed by atoms with E-state index < -0.39 is 16.1 Å². The standard InChI is InChI=1S/C13H13BrClNO3S2/c14-13-11(15)7-12(20-13)21(18,19)16-10(8-17)6-9-4-2-1-3-5-9/h1-5,7,10,16-17H,6,8H2/t10-/m1/s1. The summed E-state index contributed by atoms with van der Waals surface area (Å²) >= 11 is 10.1. The minimum atomic E-state index is -3.70. The predicted octanol–water partition coefficient (Wildman–Crippen LogP) is 3.05. The molecule has 4 nitrogen and oxygen atoms in total. The fraction of sp³-hybridized carbons (Fsp3) is 0.231. The van der Waals surface area contributed by atoms with Crippen molar-refractivity contribution < 1.29 is 13.5 Å². The van der Waals surface area contributed by atoms with Crippen LogP contribution in [0.15, 0.2) is 44.4 Å². The van der Waals surface area contributed by atoms with Crippen LogP contribution in [0.25, 0.3) is 0 Å². The average Bonchev–Trinajstić information content (AvgIpc) is 2.80. The number of sulfonamides is 1. The SMILES string of the molecule is O=S(=O)(N[C@@H](CO)Cc1ccccc1)c1cc(Cl)c(Br)s1. The highest BCUT2D eigenvalue weighted by atomic mass is 79.9. The van der Waals surface area contributed by atoms with Crippen LogP contribution in [-0.2, 0) is 16.4 Å². The van der Waals surface area contributed by atoms with Crippen molar-refractivity contribution in [3.8, 4) is 0 Å². The molecule has 0 bridgehead atoms. The Bertz CT molecular complexity index is 684. The second-order valence-corrected chi connectivity index (χ2v) is 9.10. The second-order valence-electron chi connectivity index (χ2n) is 4.38. The van der Waals surface area contributed by atoms with Crippen molar-refractivity contribution in [2.45, 2.75) is 16.7 Å². The van der Waals surface area contributed by atoms with Crippen molar-refractivity contribution in [3.63, 3.8) is 0 Å². The molecule has 114 valence electrons. The lowest BCUT2D eigenvalue weighted by Crippen LogP contribution is -2.38. The van der Waals surface area contributed by atoms with Gasteiger partial charge in [-0.3, -0.25) is 0 Å². The van der Waals surface area contributed by atoms with Gasteiger partial charge in [-0.1, -0.05) is 41.9 Å². The number of rotatable bonds is 6. The zero-order chi connectivity index (χ0) is 15.5. The normalized spacial score (nSPS) is 13.3. The summed E-state index contributed by atoms with van der Waals surface area (Å²) in [5.41, 5.74) is 0.949. The molecule has 0 aliphatic carbocycles. The Hall–Kier alpha value is -0.440. The molecule has 0 unspecified atom stereocenters. The van der Waals surface area contributed by atoms with Crippen molar-refractivity contribution in [3.05, 3.63) is 50.8 Å². The molecule has 0 fully saturated rings. The molecule has 0 spiro atoms. The largest absolute Gasteiger partial charge is 0.395 e. The third-order valence-corrected chi connectivity index (χ3v) is 7.22. The number of thiophene rings is 1. The molecule has 0 amide bonds. The van der Waals surface area contributed by atoms with Gasteiger partial charge in [-0.05, 0) is 34.0 Å². The van der Waals surface area contributed by atoms with Crippen LogP contribution in [0.4, 0.5) is 0 Å². The quantitative estimate of drug-likeness (QED) is 0.769. The van der Waals surface area contributed by atoms with Crippen LogP contribution in [0.5, 0.6) is 0 Å². The van der Waals surface area contributed by atoms with Gasteiger partial charge in [0.15, 0.2) is 0 Å². The zero-order valence-corrected chi connectivity index (χ0v) is 14.8. The number of aliphatic hydroxyl groups is 1. The molecular formula is C13H13BrClNO3S2. The van der Waals surface area contributed by atoms with E-state index in [1.165, 1.54) is 6.07 Å². The lowest BCUT2D eigenvalue weighted by atomic mass is 10.1. The summed E-state index contributed by atoms with van der Waals surface area (Å²) in [7, 11) is -3.70. The molecule has 1 aromatic carbocycles. The van der Waals surface area contributed by atoms with Crippen molar-refractivity contribution in [2.75, 3.05) is 6.61 Å². The van der Waals surface area contributed by atoms with Crippen LogP contribution in [0.1, 0.15) is 5.56 Å². The van der Waals surface area contributed by atoms with Crippen molar-refractivity contribution >= 4 is 48.9 Å². The first-order valence-electron chi connectivity index (χ1n) is 6.04. The van der Waals surface area contributed by atoms with Crippen LogP contribution in [-0.4, -0.2) is 26.2 Å². The van der Waals surface area contributed by atoms with Gasteiger partial charge >= 0.3 is 0 Å². The maximum absolute atomic E-state index is 12.3. The maximum atomic E-state index is 12.3. The molecule has 1 heterocycles. The number of aliphatic hydroxyl groups excluding tert-OH is 1. The molecule has 0 aliphatic heterocycles. The van der Waals surface area contributed by atoms with E-state index in [1.54, 1.807) is 0 Å². The minimum absolute atomic E-state index is 0.117. The summed E-state index contributed by atoms with van der Waals surface area (Å²) in [6.07, 6.45) is 0.414. The molecule has 2 rings (SSSR count). The highest BCUT2D eigenvalue weighted by molar-refractivity contribution is 9.11. The fourth-order valence-corrected chi connectivity index (χ4v) is 5.42. The van der Waals surface area contributed by atoms with E-state index in [0.29, 0.717) is 15.2 Å². The average molecular weight is 411 g/mol. The first-order chi connectivity index (χ1) is 9.92. The maximum Gasteiger partial charge on any atom is 0.250 e. The van der Waals surface area contributed by atoms with Gasteiger partial charge in [0.25, 0.3) is 0 Å². The first-order valence-corrected chi connectivity index (χ1v) is 9.51. The molecule has 2 N–H and O–H groups in total. The number of hydrogen-bond donors (Lipinski definition) is 2. The highest BCUT2D eigenvalue weighted by Crippen LogP contribution is 2.34. The third-order valence-electron chi connectivity index (χ3n) is 2.75. The topological polar surface area (TPSA) is 66.4 Å². The summed E-state index contributed by atoms with van der Waals surface area (Å²) in [5, 5.41) is 9.75. The Balaban J connectivity index is 2.14. The van der Waals surface area contributed by atoms with Crippen LogP contribution < -0.4 is 4.72 Å². The summed E-state index contributed by atoms with van der Waals surface area (Å²) in [4.78, 5) is 0. The van der Waals surface area contributed by atoms with E-state index in [9.17, 15) is 13.5 Å². The Morgan fingerprint density at radius 1 is 1.33 bits per heavy atom. The van der Waals surface area contributed by atoms with E-state index in [1.807, 2.05) is 30.3 Å². The first kappa shape index (κ1) is 16.9. The minimum Gasteiger partial charge on any atom is -0.395 e. The van der Waals surface area contributed by atoms with Crippen LogP contribution >= 0.6 is 38.9 Å². The molecule has 8 heteroatoms. The number of nitrogens with one attached hydrogen (secondary N) is 1. The Kier molecular flexibility index (Phi) is 5.81. The van der Waals surface area contributed by atoms with Gasteiger partial charge in [0.05, 0.1) is 15.4 Å². The van der Waals surface area contributed by atoms with Crippen molar-refractivity contribution in [1.82, 2.24) is 4.72 Å². The van der Waals surface area contributed by atoms with Gasteiger partial charge in [0.2, 0.25) is 10.0 Å². The zero-order valence-electron chi connectivity index (χ0n) is 10.8. The van der Waals surface area contributed by atoms with Gasteiger partial charge < -0.3 is 5.11 Å². The molecule has 0 aliphatic rings. The lowest BCUT2D eigenvalue weighted by Gasteiger charge is -2.15. The van der Waals surface area contributed by atoms with Crippen LogP contribution in [0.2, 0.25) is 5.02 Å². The predicted molar refractivity (Wildman–Crippen MR) is 88.4 cm³/mol. The number of hydrogen-bond acceptors (Lipinski definition) is 4. The molecule has 1 atom stereocenters. The molecule has 1 aromatic heterocycles. The molecule has 21 heavy (non-hydrogen) atoms. The fourth-order valence-electron chi connectivity index (χ4n) is 1.78. The van der Waals surface area contributed by atoms with Gasteiger partial charge in [0, 0.05) is 6.04 Å². The van der Waals surface area contributed by atoms with Gasteiger partial charge in [0.1, 0.15) is 4.21 Å². The third kappa shape index (κ3) is 4.51. The van der Waals surface area contributed by atoms with Crippen LogP contribution in [0, 0.1) is 0 Å².